The highest BCUT2D eigenvalue weighted by Gasteiger charge is 2.15. The quantitative estimate of drug-likeness (QED) is 0.692. The Morgan fingerprint density at radius 1 is 1.14 bits per heavy atom. The van der Waals surface area contributed by atoms with Gasteiger partial charge in [-0.1, -0.05) is 12.1 Å². The molecule has 2 N–H and O–H groups in total. The van der Waals surface area contributed by atoms with Crippen LogP contribution in [-0.2, 0) is 6.54 Å². The number of anilines is 2. The highest BCUT2D eigenvalue weighted by atomic mass is 16.7. The second-order valence-corrected chi connectivity index (χ2v) is 6.37. The number of aryl methyl sites for hydroxylation is 1. The smallest absolute Gasteiger partial charge is 0.270 e. The molecule has 8 heteroatoms. The Labute approximate surface area is 167 Å². The molecule has 0 aliphatic carbocycles. The van der Waals surface area contributed by atoms with Crippen LogP contribution in [0.5, 0.6) is 11.5 Å². The van der Waals surface area contributed by atoms with E-state index in [-0.39, 0.29) is 18.4 Å². The van der Waals surface area contributed by atoms with Crippen LogP contribution in [0.25, 0.3) is 0 Å². The lowest BCUT2D eigenvalue weighted by atomic mass is 10.2. The Morgan fingerprint density at radius 2 is 2.00 bits per heavy atom. The summed E-state index contributed by atoms with van der Waals surface area (Å²) in [6.45, 7) is 2.25. The lowest BCUT2D eigenvalue weighted by Crippen LogP contribution is -2.24. The largest absolute Gasteiger partial charge is 0.454 e. The number of fused-ring (bicyclic) bond motifs is 1. The zero-order chi connectivity index (χ0) is 20.2. The molecule has 0 atom stereocenters. The average Bonchev–Trinajstić information content (AvgIpc) is 3.19. The van der Waals surface area contributed by atoms with E-state index in [4.69, 9.17) is 14.7 Å². The number of hydrogen-bond donors (Lipinski definition) is 2. The molecule has 0 saturated heterocycles. The molecule has 1 amide bonds. The number of ether oxygens (including phenoxy) is 2. The van der Waals surface area contributed by atoms with Gasteiger partial charge in [0, 0.05) is 18.3 Å². The van der Waals surface area contributed by atoms with Gasteiger partial charge in [-0.2, -0.15) is 5.26 Å². The van der Waals surface area contributed by atoms with E-state index in [0.717, 1.165) is 5.56 Å². The molecule has 0 saturated carbocycles. The van der Waals surface area contributed by atoms with Crippen molar-refractivity contribution in [2.75, 3.05) is 12.1 Å². The minimum absolute atomic E-state index is 0.207. The van der Waals surface area contributed by atoms with E-state index in [9.17, 15) is 4.79 Å². The maximum absolute atomic E-state index is 12.6. The van der Waals surface area contributed by atoms with Gasteiger partial charge in [-0.25, -0.2) is 9.97 Å². The van der Waals surface area contributed by atoms with Gasteiger partial charge in [0.1, 0.15) is 17.3 Å². The van der Waals surface area contributed by atoms with Crippen LogP contribution in [0, 0.1) is 18.3 Å². The summed E-state index contributed by atoms with van der Waals surface area (Å²) in [5.74, 6) is 1.98. The van der Waals surface area contributed by atoms with Crippen molar-refractivity contribution < 1.29 is 14.3 Å². The van der Waals surface area contributed by atoms with Gasteiger partial charge in [0.25, 0.3) is 5.91 Å². The number of hydrogen-bond acceptors (Lipinski definition) is 7. The van der Waals surface area contributed by atoms with E-state index in [2.05, 4.69) is 26.7 Å². The Hall–Kier alpha value is -4.12. The summed E-state index contributed by atoms with van der Waals surface area (Å²) in [7, 11) is 0. The van der Waals surface area contributed by atoms with Crippen LogP contribution in [-0.4, -0.2) is 22.7 Å². The molecule has 0 fully saturated rings. The fraction of sp³-hybridized carbons (Fsp3) is 0.143. The molecule has 3 aromatic rings. The Kier molecular flexibility index (Phi) is 4.95. The van der Waals surface area contributed by atoms with E-state index < -0.39 is 0 Å². The summed E-state index contributed by atoms with van der Waals surface area (Å²) in [5.41, 5.74) is 2.37. The van der Waals surface area contributed by atoms with Crippen molar-refractivity contribution >= 4 is 17.4 Å². The first-order valence-corrected chi connectivity index (χ1v) is 8.90. The molecule has 0 radical (unpaired) electrons. The highest BCUT2D eigenvalue weighted by molar-refractivity contribution is 5.93. The molecule has 1 aromatic heterocycles. The van der Waals surface area contributed by atoms with Crippen LogP contribution >= 0.6 is 0 Å². The maximum Gasteiger partial charge on any atom is 0.270 e. The summed E-state index contributed by atoms with van der Waals surface area (Å²) in [6, 6.07) is 16.2. The molecule has 0 unspecified atom stereocenters. The second kappa shape index (κ2) is 7.86. The van der Waals surface area contributed by atoms with Gasteiger partial charge in [0.05, 0.1) is 11.6 Å². The summed E-state index contributed by atoms with van der Waals surface area (Å²) >= 11 is 0. The predicted octanol–water partition coefficient (Wildman–Crippen LogP) is 3.06. The number of nitrogens with zero attached hydrogens (tertiary/aromatic N) is 3. The molecule has 0 spiro atoms. The topological polar surface area (TPSA) is 109 Å². The number of carbonyl (C=O) groups is 1. The average molecular weight is 387 g/mol. The van der Waals surface area contributed by atoms with Crippen LogP contribution in [0.15, 0.2) is 48.5 Å². The fourth-order valence-corrected chi connectivity index (χ4v) is 2.89. The zero-order valence-corrected chi connectivity index (χ0v) is 15.6. The van der Waals surface area contributed by atoms with Gasteiger partial charge in [-0.3, -0.25) is 4.79 Å². The second-order valence-electron chi connectivity index (χ2n) is 6.37. The van der Waals surface area contributed by atoms with Gasteiger partial charge < -0.3 is 20.1 Å². The first-order chi connectivity index (χ1) is 14.1. The molecule has 1 aliphatic heterocycles. The van der Waals surface area contributed by atoms with Crippen LogP contribution in [0.1, 0.15) is 27.4 Å². The molecular formula is C21H17N5O3. The van der Waals surface area contributed by atoms with Gasteiger partial charge in [-0.05, 0) is 42.8 Å². The minimum atomic E-state index is -0.318. The summed E-state index contributed by atoms with van der Waals surface area (Å²) in [4.78, 5) is 21.1. The van der Waals surface area contributed by atoms with E-state index in [0.29, 0.717) is 40.9 Å². The number of benzene rings is 2. The van der Waals surface area contributed by atoms with Crippen molar-refractivity contribution in [2.24, 2.45) is 0 Å². The van der Waals surface area contributed by atoms with Gasteiger partial charge >= 0.3 is 0 Å². The van der Waals surface area contributed by atoms with Crippen LogP contribution in [0.2, 0.25) is 0 Å². The number of nitriles is 1. The highest BCUT2D eigenvalue weighted by Crippen LogP contribution is 2.32. The Morgan fingerprint density at radius 3 is 2.86 bits per heavy atom. The van der Waals surface area contributed by atoms with Crippen LogP contribution < -0.4 is 20.1 Å². The van der Waals surface area contributed by atoms with Crippen LogP contribution in [0.4, 0.5) is 11.5 Å². The standard InChI is InChI=1S/C21H17N5O3/c1-13-24-17(9-20(25-13)26-16-4-2-3-14(7-16)10-22)21(27)23-11-15-5-6-18-19(8-15)29-12-28-18/h2-9H,11-12H2,1H3,(H,23,27)(H,24,25,26). The van der Waals surface area contributed by atoms with Crippen molar-refractivity contribution in [1.82, 2.24) is 15.3 Å². The van der Waals surface area contributed by atoms with E-state index in [1.165, 1.54) is 0 Å². The summed E-state index contributed by atoms with van der Waals surface area (Å²) < 4.78 is 10.6. The molecular weight excluding hydrogens is 370 g/mol. The molecule has 2 heterocycles. The lowest BCUT2D eigenvalue weighted by Gasteiger charge is -2.10. The zero-order valence-electron chi connectivity index (χ0n) is 15.6. The Bertz CT molecular complexity index is 1120. The maximum atomic E-state index is 12.6. The van der Waals surface area contributed by atoms with E-state index in [1.54, 1.807) is 31.2 Å². The van der Waals surface area contributed by atoms with Gasteiger partial charge in [-0.15, -0.1) is 0 Å². The third-order valence-corrected chi connectivity index (χ3v) is 4.22. The van der Waals surface area contributed by atoms with Crippen molar-refractivity contribution in [1.29, 1.82) is 5.26 Å². The Balaban J connectivity index is 1.46. The van der Waals surface area contributed by atoms with E-state index in [1.807, 2.05) is 24.3 Å². The SMILES string of the molecule is Cc1nc(Nc2cccc(C#N)c2)cc(C(=O)NCc2ccc3c(c2)OCO3)n1. The third kappa shape index (κ3) is 4.25. The number of rotatable bonds is 5. The molecule has 0 bridgehead atoms. The van der Waals surface area contributed by atoms with Crippen molar-refractivity contribution in [3.05, 3.63) is 71.2 Å². The predicted molar refractivity (Wildman–Crippen MR) is 105 cm³/mol. The normalized spacial score (nSPS) is 11.6. The summed E-state index contributed by atoms with van der Waals surface area (Å²) in [5, 5.41) is 15.0. The molecule has 2 aromatic carbocycles. The van der Waals surface area contributed by atoms with E-state index >= 15 is 0 Å². The van der Waals surface area contributed by atoms with Gasteiger partial charge in [0.15, 0.2) is 11.5 Å². The number of amides is 1. The van der Waals surface area contributed by atoms with Gasteiger partial charge in [0.2, 0.25) is 6.79 Å². The minimum Gasteiger partial charge on any atom is -0.454 e. The first kappa shape index (κ1) is 18.3. The van der Waals surface area contributed by atoms with Crippen molar-refractivity contribution in [3.8, 4) is 17.6 Å². The lowest BCUT2D eigenvalue weighted by molar-refractivity contribution is 0.0945. The number of nitrogens with one attached hydrogen (secondary N) is 2. The number of carbonyl (C=O) groups excluding carboxylic acids is 1. The van der Waals surface area contributed by atoms with Crippen molar-refractivity contribution in [3.63, 3.8) is 0 Å². The first-order valence-electron chi connectivity index (χ1n) is 8.90. The third-order valence-electron chi connectivity index (χ3n) is 4.22. The monoisotopic (exact) mass is 387 g/mol. The molecule has 144 valence electrons. The van der Waals surface area contributed by atoms with Crippen molar-refractivity contribution in [2.45, 2.75) is 13.5 Å². The summed E-state index contributed by atoms with van der Waals surface area (Å²) in [6.07, 6.45) is 0. The van der Waals surface area contributed by atoms with Crippen LogP contribution in [0.3, 0.4) is 0 Å². The molecule has 29 heavy (non-hydrogen) atoms. The molecule has 4 rings (SSSR count). The molecule has 8 nitrogen and oxygen atoms in total. The molecule has 1 aliphatic rings. The fourth-order valence-electron chi connectivity index (χ4n) is 2.89. The number of aromatic nitrogens is 2.